The van der Waals surface area contributed by atoms with E-state index in [1.807, 2.05) is 0 Å². The summed E-state index contributed by atoms with van der Waals surface area (Å²) in [5.41, 5.74) is 0.154. The fourth-order valence-electron chi connectivity index (χ4n) is 1.02. The van der Waals surface area contributed by atoms with Crippen molar-refractivity contribution in [2.24, 2.45) is 0 Å². The molecule has 0 amide bonds. The largest absolute Gasteiger partial charge is 0.443 e. The van der Waals surface area contributed by atoms with E-state index in [4.69, 9.17) is 9.84 Å². The quantitative estimate of drug-likeness (QED) is 0.800. The zero-order chi connectivity index (χ0) is 11.5. The second-order valence-corrected chi connectivity index (χ2v) is 4.23. The molecule has 15 heavy (non-hydrogen) atoms. The van der Waals surface area contributed by atoms with E-state index in [1.54, 1.807) is 27.0 Å². The molecule has 84 valence electrons. The molecular formula is C10H16N2O3. The van der Waals surface area contributed by atoms with Gasteiger partial charge in [-0.3, -0.25) is 0 Å². The van der Waals surface area contributed by atoms with Crippen molar-refractivity contribution in [3.63, 3.8) is 0 Å². The molecule has 1 heterocycles. The highest BCUT2D eigenvalue weighted by Gasteiger charge is 2.17. The molecule has 1 aromatic heterocycles. The average Bonchev–Trinajstić information content (AvgIpc) is 2.50. The van der Waals surface area contributed by atoms with Crippen LogP contribution in [0.3, 0.4) is 0 Å². The van der Waals surface area contributed by atoms with Gasteiger partial charge in [0.25, 0.3) is 0 Å². The first kappa shape index (κ1) is 11.7. The molecule has 0 aliphatic rings. The topological polar surface area (TPSA) is 64.4 Å². The summed E-state index contributed by atoms with van der Waals surface area (Å²) >= 11 is 0. The van der Waals surface area contributed by atoms with Gasteiger partial charge < -0.3 is 9.84 Å². The van der Waals surface area contributed by atoms with Crippen LogP contribution in [-0.4, -0.2) is 33.0 Å². The summed E-state index contributed by atoms with van der Waals surface area (Å²) < 4.78 is 6.41. The maximum Gasteiger partial charge on any atom is 0.419 e. The number of hydrogen-bond donors (Lipinski definition) is 1. The number of hydrogen-bond acceptors (Lipinski definition) is 4. The first-order valence-corrected chi connectivity index (χ1v) is 4.79. The highest BCUT2D eigenvalue weighted by atomic mass is 16.6. The van der Waals surface area contributed by atoms with Crippen molar-refractivity contribution in [2.45, 2.75) is 32.8 Å². The minimum atomic E-state index is -0.515. The minimum Gasteiger partial charge on any atom is -0.443 e. The van der Waals surface area contributed by atoms with E-state index in [0.717, 1.165) is 0 Å². The van der Waals surface area contributed by atoms with Gasteiger partial charge in [-0.05, 0) is 20.8 Å². The Balaban J connectivity index is 2.66. The number of aromatic nitrogens is 2. The van der Waals surface area contributed by atoms with Gasteiger partial charge in [0, 0.05) is 19.2 Å². The SMILES string of the molecule is CC(C)(C)OC(=O)n1cnc(CCO)c1. The van der Waals surface area contributed by atoms with Crippen LogP contribution >= 0.6 is 0 Å². The van der Waals surface area contributed by atoms with Gasteiger partial charge in [0.2, 0.25) is 0 Å². The standard InChI is InChI=1S/C10H16N2O3/c1-10(2,3)15-9(14)12-6-8(4-5-13)11-7-12/h6-7,13H,4-5H2,1-3H3. The van der Waals surface area contributed by atoms with E-state index in [2.05, 4.69) is 4.98 Å². The maximum absolute atomic E-state index is 11.5. The number of carbonyl (C=O) groups is 1. The lowest BCUT2D eigenvalue weighted by molar-refractivity contribution is 0.0536. The van der Waals surface area contributed by atoms with Crippen LogP contribution in [0.2, 0.25) is 0 Å². The van der Waals surface area contributed by atoms with E-state index in [9.17, 15) is 4.79 Å². The first-order chi connectivity index (χ1) is 6.92. The molecular weight excluding hydrogens is 196 g/mol. The van der Waals surface area contributed by atoms with Crippen molar-refractivity contribution in [2.75, 3.05) is 6.61 Å². The van der Waals surface area contributed by atoms with E-state index < -0.39 is 11.7 Å². The van der Waals surface area contributed by atoms with Crippen molar-refractivity contribution in [3.05, 3.63) is 18.2 Å². The lowest BCUT2D eigenvalue weighted by Gasteiger charge is -2.19. The van der Waals surface area contributed by atoms with Crippen LogP contribution in [0.1, 0.15) is 26.5 Å². The number of aliphatic hydroxyl groups is 1. The third kappa shape index (κ3) is 3.71. The van der Waals surface area contributed by atoms with Crippen LogP contribution in [0.5, 0.6) is 0 Å². The van der Waals surface area contributed by atoms with Crippen LogP contribution in [0.25, 0.3) is 0 Å². The van der Waals surface area contributed by atoms with Gasteiger partial charge in [-0.2, -0.15) is 0 Å². The van der Waals surface area contributed by atoms with Crippen molar-refractivity contribution >= 4 is 6.09 Å². The van der Waals surface area contributed by atoms with Crippen molar-refractivity contribution in [3.8, 4) is 0 Å². The van der Waals surface area contributed by atoms with Crippen molar-refractivity contribution in [1.29, 1.82) is 0 Å². The summed E-state index contributed by atoms with van der Waals surface area (Å²) in [5, 5.41) is 8.69. The molecule has 1 rings (SSSR count). The maximum atomic E-state index is 11.5. The molecule has 0 unspecified atom stereocenters. The summed E-state index contributed by atoms with van der Waals surface area (Å²) in [5.74, 6) is 0. The molecule has 5 heteroatoms. The Kier molecular flexibility index (Phi) is 3.47. The fourth-order valence-corrected chi connectivity index (χ4v) is 1.02. The number of nitrogens with zero attached hydrogens (tertiary/aromatic N) is 2. The molecule has 0 spiro atoms. The molecule has 1 N–H and O–H groups in total. The van der Waals surface area contributed by atoms with E-state index in [0.29, 0.717) is 12.1 Å². The van der Waals surface area contributed by atoms with Gasteiger partial charge in [0.05, 0.1) is 5.69 Å². The number of imidazole rings is 1. The molecule has 0 saturated carbocycles. The summed E-state index contributed by atoms with van der Waals surface area (Å²) in [4.78, 5) is 15.5. The number of carbonyl (C=O) groups excluding carboxylic acids is 1. The first-order valence-electron chi connectivity index (χ1n) is 4.79. The Bertz CT molecular complexity index is 339. The summed E-state index contributed by atoms with van der Waals surface area (Å²) in [7, 11) is 0. The predicted molar refractivity (Wildman–Crippen MR) is 54.6 cm³/mol. The molecule has 0 atom stereocenters. The Morgan fingerprint density at radius 1 is 1.60 bits per heavy atom. The Morgan fingerprint density at radius 3 is 2.80 bits per heavy atom. The number of rotatable bonds is 2. The van der Waals surface area contributed by atoms with Crippen LogP contribution in [-0.2, 0) is 11.2 Å². The van der Waals surface area contributed by atoms with Crippen LogP contribution in [0.15, 0.2) is 12.5 Å². The molecule has 1 aromatic rings. The summed E-state index contributed by atoms with van der Waals surface area (Å²) in [6.45, 7) is 5.43. The fraction of sp³-hybridized carbons (Fsp3) is 0.600. The molecule has 0 aliphatic heterocycles. The lowest BCUT2D eigenvalue weighted by atomic mass is 10.2. The van der Waals surface area contributed by atoms with Gasteiger partial charge in [0.1, 0.15) is 11.9 Å². The molecule has 0 aromatic carbocycles. The van der Waals surface area contributed by atoms with Gasteiger partial charge in [-0.15, -0.1) is 0 Å². The zero-order valence-corrected chi connectivity index (χ0v) is 9.23. The molecule has 0 bridgehead atoms. The summed E-state index contributed by atoms with van der Waals surface area (Å²) in [6.07, 6.45) is 2.93. The Hall–Kier alpha value is -1.36. The molecule has 0 saturated heterocycles. The Morgan fingerprint density at radius 2 is 2.27 bits per heavy atom. The van der Waals surface area contributed by atoms with Gasteiger partial charge in [0.15, 0.2) is 0 Å². The zero-order valence-electron chi connectivity index (χ0n) is 9.23. The third-order valence-electron chi connectivity index (χ3n) is 1.61. The van der Waals surface area contributed by atoms with Gasteiger partial charge in [-0.1, -0.05) is 0 Å². The van der Waals surface area contributed by atoms with Gasteiger partial charge >= 0.3 is 6.09 Å². The highest BCUT2D eigenvalue weighted by Crippen LogP contribution is 2.09. The average molecular weight is 212 g/mol. The van der Waals surface area contributed by atoms with Gasteiger partial charge in [-0.25, -0.2) is 14.3 Å². The van der Waals surface area contributed by atoms with Crippen LogP contribution in [0, 0.1) is 0 Å². The smallest absolute Gasteiger partial charge is 0.419 e. The van der Waals surface area contributed by atoms with Crippen molar-refractivity contribution < 1.29 is 14.6 Å². The molecule has 0 radical (unpaired) electrons. The second kappa shape index (κ2) is 4.44. The number of ether oxygens (including phenoxy) is 1. The Labute approximate surface area is 88.7 Å². The lowest BCUT2D eigenvalue weighted by Crippen LogP contribution is -2.26. The highest BCUT2D eigenvalue weighted by molar-refractivity contribution is 5.70. The summed E-state index contributed by atoms with van der Waals surface area (Å²) in [6, 6.07) is 0. The third-order valence-corrected chi connectivity index (χ3v) is 1.61. The van der Waals surface area contributed by atoms with Crippen molar-refractivity contribution in [1.82, 2.24) is 9.55 Å². The predicted octanol–water partition coefficient (Wildman–Crippen LogP) is 1.20. The van der Waals surface area contributed by atoms with E-state index in [1.165, 1.54) is 10.9 Å². The normalized spacial score (nSPS) is 11.5. The van der Waals surface area contributed by atoms with Crippen LogP contribution < -0.4 is 0 Å². The minimum absolute atomic E-state index is 0.0192. The number of aliphatic hydroxyl groups excluding tert-OH is 1. The van der Waals surface area contributed by atoms with Crippen LogP contribution in [0.4, 0.5) is 4.79 Å². The molecule has 5 nitrogen and oxygen atoms in total. The van der Waals surface area contributed by atoms with E-state index in [-0.39, 0.29) is 6.61 Å². The van der Waals surface area contributed by atoms with E-state index >= 15 is 0 Å². The second-order valence-electron chi connectivity index (χ2n) is 4.23. The monoisotopic (exact) mass is 212 g/mol. The molecule has 0 aliphatic carbocycles. The molecule has 0 fully saturated rings.